The molecule has 0 bridgehead atoms. The third-order valence-electron chi connectivity index (χ3n) is 2.84. The Morgan fingerprint density at radius 2 is 1.95 bits per heavy atom. The lowest BCUT2D eigenvalue weighted by atomic mass is 10.3. The summed E-state index contributed by atoms with van der Waals surface area (Å²) in [5.41, 5.74) is 2.71. The number of nitrogens with one attached hydrogen (secondary N) is 1. The maximum Gasteiger partial charge on any atom is 0.250 e. The smallest absolute Gasteiger partial charge is 0.250 e. The van der Waals surface area contributed by atoms with Gasteiger partial charge in [0, 0.05) is 24.5 Å². The minimum absolute atomic E-state index is 0.548. The fourth-order valence-electron chi connectivity index (χ4n) is 1.78. The van der Waals surface area contributed by atoms with E-state index in [-0.39, 0.29) is 0 Å². The Labute approximate surface area is 118 Å². The molecule has 5 nitrogen and oxygen atoms in total. The highest BCUT2D eigenvalue weighted by atomic mass is 35.5. The molecule has 0 saturated carbocycles. The van der Waals surface area contributed by atoms with Crippen LogP contribution in [0.25, 0.3) is 5.95 Å². The van der Waals surface area contributed by atoms with E-state index in [2.05, 4.69) is 27.3 Å². The van der Waals surface area contributed by atoms with Gasteiger partial charge in [0.25, 0.3) is 5.95 Å². The molecule has 0 unspecified atom stereocenters. The Morgan fingerprint density at radius 3 is 2.47 bits per heavy atom. The number of hydrogen-bond acceptors (Lipinski definition) is 4. The summed E-state index contributed by atoms with van der Waals surface area (Å²) < 4.78 is 1.67. The van der Waals surface area contributed by atoms with E-state index < -0.39 is 0 Å². The highest BCUT2D eigenvalue weighted by molar-refractivity contribution is 6.31. The van der Waals surface area contributed by atoms with Gasteiger partial charge in [-0.1, -0.05) is 18.5 Å². The molecule has 2 aromatic rings. The van der Waals surface area contributed by atoms with Crippen LogP contribution in [-0.2, 0) is 6.54 Å². The van der Waals surface area contributed by atoms with Gasteiger partial charge >= 0.3 is 0 Å². The summed E-state index contributed by atoms with van der Waals surface area (Å²) in [7, 11) is 0. The molecule has 0 saturated heterocycles. The van der Waals surface area contributed by atoms with Gasteiger partial charge in [0.2, 0.25) is 0 Å². The lowest BCUT2D eigenvalue weighted by molar-refractivity contribution is 0.669. The molecule has 1 N–H and O–H groups in total. The molecule has 0 aliphatic carbocycles. The van der Waals surface area contributed by atoms with E-state index in [0.29, 0.717) is 11.0 Å². The van der Waals surface area contributed by atoms with Crippen molar-refractivity contribution in [2.75, 3.05) is 6.54 Å². The molecule has 0 fully saturated rings. The molecule has 2 rings (SSSR count). The highest BCUT2D eigenvalue weighted by Gasteiger charge is 2.12. The SMILES string of the molecule is CCCNCc1cnc(-n2nc(C)c(Cl)c2C)nc1. The van der Waals surface area contributed by atoms with Crippen molar-refractivity contribution in [1.82, 2.24) is 25.1 Å². The fourth-order valence-corrected chi connectivity index (χ4v) is 1.89. The first-order chi connectivity index (χ1) is 9.13. The Balaban J connectivity index is 2.15. The summed E-state index contributed by atoms with van der Waals surface area (Å²) in [6, 6.07) is 0. The van der Waals surface area contributed by atoms with E-state index in [1.807, 2.05) is 26.2 Å². The molecule has 0 aromatic carbocycles. The first kappa shape index (κ1) is 14.0. The van der Waals surface area contributed by atoms with Crippen LogP contribution in [0.3, 0.4) is 0 Å². The van der Waals surface area contributed by atoms with Gasteiger partial charge in [0.05, 0.1) is 16.4 Å². The van der Waals surface area contributed by atoms with Crippen LogP contribution >= 0.6 is 11.6 Å². The van der Waals surface area contributed by atoms with Gasteiger partial charge < -0.3 is 5.32 Å². The Hall–Kier alpha value is -1.46. The Morgan fingerprint density at radius 1 is 1.26 bits per heavy atom. The Bertz CT molecular complexity index is 547. The van der Waals surface area contributed by atoms with Crippen LogP contribution < -0.4 is 5.32 Å². The third kappa shape index (κ3) is 3.11. The van der Waals surface area contributed by atoms with Crippen molar-refractivity contribution in [2.24, 2.45) is 0 Å². The molecule has 19 heavy (non-hydrogen) atoms. The van der Waals surface area contributed by atoms with Gasteiger partial charge in [-0.3, -0.25) is 0 Å². The summed E-state index contributed by atoms with van der Waals surface area (Å²) in [4.78, 5) is 8.67. The summed E-state index contributed by atoms with van der Waals surface area (Å²) in [5.74, 6) is 0.548. The van der Waals surface area contributed by atoms with Gasteiger partial charge in [0.1, 0.15) is 0 Å². The average Bonchev–Trinajstić information content (AvgIpc) is 2.68. The standard InChI is InChI=1S/C13H18ClN5/c1-4-5-15-6-11-7-16-13(17-8-11)19-10(3)12(14)9(2)18-19/h7-8,15H,4-6H2,1-3H3. The van der Waals surface area contributed by atoms with Crippen LogP contribution in [0, 0.1) is 13.8 Å². The second-order valence-corrected chi connectivity index (χ2v) is 4.84. The monoisotopic (exact) mass is 279 g/mol. The zero-order valence-corrected chi connectivity index (χ0v) is 12.2. The molecule has 0 radical (unpaired) electrons. The molecule has 2 heterocycles. The second-order valence-electron chi connectivity index (χ2n) is 4.46. The van der Waals surface area contributed by atoms with Gasteiger partial charge in [-0.2, -0.15) is 5.10 Å². The molecule has 102 valence electrons. The molecule has 0 atom stereocenters. The van der Waals surface area contributed by atoms with Gasteiger partial charge in [0.15, 0.2) is 0 Å². The van der Waals surface area contributed by atoms with Crippen LogP contribution in [0.15, 0.2) is 12.4 Å². The van der Waals surface area contributed by atoms with Crippen molar-refractivity contribution in [3.05, 3.63) is 34.4 Å². The molecule has 0 amide bonds. The first-order valence-electron chi connectivity index (χ1n) is 6.37. The van der Waals surface area contributed by atoms with Gasteiger partial charge in [-0.15, -0.1) is 0 Å². The van der Waals surface area contributed by atoms with Gasteiger partial charge in [-0.25, -0.2) is 14.6 Å². The summed E-state index contributed by atoms with van der Waals surface area (Å²) >= 11 is 6.12. The number of rotatable bonds is 5. The summed E-state index contributed by atoms with van der Waals surface area (Å²) in [6.45, 7) is 7.69. The van der Waals surface area contributed by atoms with Crippen molar-refractivity contribution in [2.45, 2.75) is 33.7 Å². The molecular formula is C13H18ClN5. The van der Waals surface area contributed by atoms with Crippen molar-refractivity contribution in [1.29, 1.82) is 0 Å². The van der Waals surface area contributed by atoms with E-state index in [4.69, 9.17) is 11.6 Å². The zero-order chi connectivity index (χ0) is 13.8. The predicted molar refractivity (Wildman–Crippen MR) is 75.6 cm³/mol. The number of aromatic nitrogens is 4. The minimum Gasteiger partial charge on any atom is -0.313 e. The molecule has 6 heteroatoms. The number of nitrogens with zero attached hydrogens (tertiary/aromatic N) is 4. The highest BCUT2D eigenvalue weighted by Crippen LogP contribution is 2.20. The Kier molecular flexibility index (Phi) is 4.50. The number of hydrogen-bond donors (Lipinski definition) is 1. The van der Waals surface area contributed by atoms with E-state index in [1.165, 1.54) is 0 Å². The van der Waals surface area contributed by atoms with E-state index in [0.717, 1.165) is 36.5 Å². The van der Waals surface area contributed by atoms with E-state index in [1.54, 1.807) is 4.68 Å². The lowest BCUT2D eigenvalue weighted by Gasteiger charge is -2.05. The second kappa shape index (κ2) is 6.12. The van der Waals surface area contributed by atoms with Crippen molar-refractivity contribution >= 4 is 11.6 Å². The molecular weight excluding hydrogens is 262 g/mol. The van der Waals surface area contributed by atoms with Crippen LogP contribution in [0.5, 0.6) is 0 Å². The maximum absolute atomic E-state index is 6.12. The quantitative estimate of drug-likeness (QED) is 0.854. The average molecular weight is 280 g/mol. The zero-order valence-electron chi connectivity index (χ0n) is 11.4. The normalized spacial score (nSPS) is 10.9. The number of aryl methyl sites for hydroxylation is 1. The van der Waals surface area contributed by atoms with E-state index >= 15 is 0 Å². The largest absolute Gasteiger partial charge is 0.313 e. The molecule has 0 spiro atoms. The topological polar surface area (TPSA) is 55.6 Å². The summed E-state index contributed by atoms with van der Waals surface area (Å²) in [6.07, 6.45) is 4.74. The summed E-state index contributed by atoms with van der Waals surface area (Å²) in [5, 5.41) is 8.30. The van der Waals surface area contributed by atoms with Crippen molar-refractivity contribution in [3.8, 4) is 5.95 Å². The van der Waals surface area contributed by atoms with Gasteiger partial charge in [-0.05, 0) is 26.8 Å². The van der Waals surface area contributed by atoms with Crippen LogP contribution in [0.4, 0.5) is 0 Å². The van der Waals surface area contributed by atoms with E-state index in [9.17, 15) is 0 Å². The van der Waals surface area contributed by atoms with Crippen molar-refractivity contribution in [3.63, 3.8) is 0 Å². The number of halogens is 1. The van der Waals surface area contributed by atoms with Crippen LogP contribution in [-0.4, -0.2) is 26.3 Å². The third-order valence-corrected chi connectivity index (χ3v) is 3.39. The van der Waals surface area contributed by atoms with Crippen molar-refractivity contribution < 1.29 is 0 Å². The molecule has 0 aliphatic rings. The lowest BCUT2D eigenvalue weighted by Crippen LogP contribution is -2.14. The van der Waals surface area contributed by atoms with Crippen LogP contribution in [0.1, 0.15) is 30.3 Å². The fraction of sp³-hybridized carbons (Fsp3) is 0.462. The predicted octanol–water partition coefficient (Wildman–Crippen LogP) is 2.43. The first-order valence-corrected chi connectivity index (χ1v) is 6.75. The molecule has 2 aromatic heterocycles. The molecule has 0 aliphatic heterocycles. The maximum atomic E-state index is 6.12. The minimum atomic E-state index is 0.548. The van der Waals surface area contributed by atoms with Crippen LogP contribution in [0.2, 0.25) is 5.02 Å².